The van der Waals surface area contributed by atoms with Gasteiger partial charge in [0, 0.05) is 18.8 Å². The highest BCUT2D eigenvalue weighted by atomic mass is 19.4. The Bertz CT molecular complexity index is 853. The summed E-state index contributed by atoms with van der Waals surface area (Å²) < 4.78 is 51.6. The molecule has 4 nitrogen and oxygen atoms in total. The quantitative estimate of drug-likeness (QED) is 0.652. The van der Waals surface area contributed by atoms with E-state index in [-0.39, 0.29) is 18.0 Å². The van der Waals surface area contributed by atoms with E-state index in [9.17, 15) is 27.2 Å². The second kappa shape index (κ2) is 7.38. The van der Waals surface area contributed by atoms with Gasteiger partial charge in [0.25, 0.3) is 0 Å². The summed E-state index contributed by atoms with van der Waals surface area (Å²) in [4.78, 5) is 26.2. The van der Waals surface area contributed by atoms with Gasteiger partial charge < -0.3 is 10.2 Å². The minimum absolute atomic E-state index is 0.0268. The van der Waals surface area contributed by atoms with Gasteiger partial charge in [-0.3, -0.25) is 9.59 Å². The molecule has 1 aliphatic heterocycles. The molecule has 0 aromatic heterocycles. The molecule has 1 N–H and O–H groups in total. The summed E-state index contributed by atoms with van der Waals surface area (Å²) in [5.41, 5.74) is -0.474. The zero-order valence-corrected chi connectivity index (χ0v) is 14.1. The van der Waals surface area contributed by atoms with Crippen LogP contribution >= 0.6 is 0 Å². The van der Waals surface area contributed by atoms with Crippen LogP contribution in [0.25, 0.3) is 0 Å². The fourth-order valence-electron chi connectivity index (χ4n) is 3.02. The molecule has 1 fully saturated rings. The predicted octanol–water partition coefficient (Wildman–Crippen LogP) is 3.51. The van der Waals surface area contributed by atoms with E-state index in [0.717, 1.165) is 12.1 Å². The molecule has 1 unspecified atom stereocenters. The first-order valence-corrected chi connectivity index (χ1v) is 8.26. The van der Waals surface area contributed by atoms with Gasteiger partial charge in [0.1, 0.15) is 11.7 Å². The second-order valence-electron chi connectivity index (χ2n) is 6.23. The molecule has 1 aliphatic rings. The van der Waals surface area contributed by atoms with Gasteiger partial charge in [-0.2, -0.15) is 13.2 Å². The number of para-hydroxylation sites is 1. The molecule has 2 aromatic rings. The number of halogens is 4. The zero-order valence-electron chi connectivity index (χ0n) is 14.1. The zero-order chi connectivity index (χ0) is 19.6. The molecule has 0 radical (unpaired) electrons. The van der Waals surface area contributed by atoms with Gasteiger partial charge in [-0.05, 0) is 42.3 Å². The number of anilines is 1. The number of carbonyl (C=O) groups is 2. The van der Waals surface area contributed by atoms with E-state index in [1.807, 2.05) is 6.07 Å². The Kier molecular flexibility index (Phi) is 5.16. The monoisotopic (exact) mass is 380 g/mol. The van der Waals surface area contributed by atoms with Crippen LogP contribution in [0.1, 0.15) is 17.5 Å². The van der Waals surface area contributed by atoms with Crippen molar-refractivity contribution in [1.82, 2.24) is 5.32 Å². The maximum atomic E-state index is 13.4. The topological polar surface area (TPSA) is 49.4 Å². The van der Waals surface area contributed by atoms with E-state index >= 15 is 0 Å². The van der Waals surface area contributed by atoms with E-state index in [4.69, 9.17) is 0 Å². The summed E-state index contributed by atoms with van der Waals surface area (Å²) in [6.45, 7) is 0.0773. The van der Waals surface area contributed by atoms with Crippen molar-refractivity contribution in [2.45, 2.75) is 19.1 Å². The van der Waals surface area contributed by atoms with Crippen LogP contribution in [-0.4, -0.2) is 18.4 Å². The van der Waals surface area contributed by atoms with E-state index in [0.29, 0.717) is 24.7 Å². The van der Waals surface area contributed by atoms with Crippen LogP contribution in [0.3, 0.4) is 0 Å². The van der Waals surface area contributed by atoms with Crippen LogP contribution in [0.15, 0.2) is 48.5 Å². The first-order chi connectivity index (χ1) is 12.8. The Balaban J connectivity index is 1.65. The predicted molar refractivity (Wildman–Crippen MR) is 90.2 cm³/mol. The third kappa shape index (κ3) is 4.27. The smallest absolute Gasteiger partial charge is 0.351 e. The minimum Gasteiger partial charge on any atom is -0.351 e. The Hall–Kier alpha value is -2.90. The lowest BCUT2D eigenvalue weighted by Crippen LogP contribution is -2.36. The van der Waals surface area contributed by atoms with Crippen molar-refractivity contribution in [3.05, 3.63) is 65.5 Å². The Morgan fingerprint density at radius 3 is 2.52 bits per heavy atom. The average Bonchev–Trinajstić information content (AvgIpc) is 3.01. The van der Waals surface area contributed by atoms with Crippen molar-refractivity contribution in [3.8, 4) is 0 Å². The average molecular weight is 380 g/mol. The number of amides is 2. The van der Waals surface area contributed by atoms with Crippen LogP contribution in [0.2, 0.25) is 0 Å². The third-order valence-corrected chi connectivity index (χ3v) is 4.34. The Labute approximate surface area is 152 Å². The van der Waals surface area contributed by atoms with Crippen LogP contribution in [0.5, 0.6) is 0 Å². The van der Waals surface area contributed by atoms with Gasteiger partial charge in [-0.15, -0.1) is 0 Å². The highest BCUT2D eigenvalue weighted by Crippen LogP contribution is 2.30. The normalized spacial score (nSPS) is 17.3. The Morgan fingerprint density at radius 2 is 1.85 bits per heavy atom. The number of nitrogens with zero attached hydrogens (tertiary/aromatic N) is 1. The molecule has 142 valence electrons. The number of hydrogen-bond donors (Lipinski definition) is 1. The van der Waals surface area contributed by atoms with Crippen molar-refractivity contribution in [3.63, 3.8) is 0 Å². The standard InChI is InChI=1S/C19H16F4N2O2/c20-14-9-12(8-13(10-14)19(21,22)23)11-24-17(26)16-6-7-25(18(16)27)15-4-2-1-3-5-15/h1-5,8-10,16H,6-7,11H2,(H,24,26). The second-order valence-corrected chi connectivity index (χ2v) is 6.23. The largest absolute Gasteiger partial charge is 0.416 e. The summed E-state index contributed by atoms with van der Waals surface area (Å²) in [5.74, 6) is -2.91. The van der Waals surface area contributed by atoms with E-state index in [1.165, 1.54) is 4.90 Å². The summed E-state index contributed by atoms with van der Waals surface area (Å²) in [6.07, 6.45) is -4.38. The van der Waals surface area contributed by atoms with Crippen molar-refractivity contribution >= 4 is 17.5 Å². The fourth-order valence-corrected chi connectivity index (χ4v) is 3.02. The van der Waals surface area contributed by atoms with Gasteiger partial charge in [0.05, 0.1) is 5.56 Å². The Morgan fingerprint density at radius 1 is 1.15 bits per heavy atom. The fraction of sp³-hybridized carbons (Fsp3) is 0.263. The van der Waals surface area contributed by atoms with Gasteiger partial charge in [-0.25, -0.2) is 4.39 Å². The van der Waals surface area contributed by atoms with Crippen LogP contribution in [-0.2, 0) is 22.3 Å². The highest BCUT2D eigenvalue weighted by molar-refractivity contribution is 6.09. The number of rotatable bonds is 4. The number of hydrogen-bond acceptors (Lipinski definition) is 2. The number of alkyl halides is 3. The lowest BCUT2D eigenvalue weighted by molar-refractivity contribution is -0.137. The molecule has 0 bridgehead atoms. The summed E-state index contributed by atoms with van der Waals surface area (Å²) >= 11 is 0. The van der Waals surface area contributed by atoms with E-state index in [1.54, 1.807) is 24.3 Å². The van der Waals surface area contributed by atoms with Gasteiger partial charge in [0.15, 0.2) is 0 Å². The van der Waals surface area contributed by atoms with Crippen molar-refractivity contribution in [2.75, 3.05) is 11.4 Å². The van der Waals surface area contributed by atoms with Crippen molar-refractivity contribution < 1.29 is 27.2 Å². The first kappa shape index (κ1) is 18.9. The summed E-state index contributed by atoms with van der Waals surface area (Å²) in [5, 5.41) is 2.43. The maximum Gasteiger partial charge on any atom is 0.416 e. The summed E-state index contributed by atoms with van der Waals surface area (Å²) in [6, 6.07) is 11.0. The van der Waals surface area contributed by atoms with Crippen LogP contribution in [0, 0.1) is 11.7 Å². The van der Waals surface area contributed by atoms with Crippen LogP contribution < -0.4 is 10.2 Å². The molecule has 27 heavy (non-hydrogen) atoms. The van der Waals surface area contributed by atoms with Gasteiger partial charge >= 0.3 is 6.18 Å². The molecule has 0 aliphatic carbocycles. The molecular weight excluding hydrogens is 364 g/mol. The molecule has 2 aromatic carbocycles. The van der Waals surface area contributed by atoms with Gasteiger partial charge in [0.2, 0.25) is 11.8 Å². The third-order valence-electron chi connectivity index (χ3n) is 4.34. The summed E-state index contributed by atoms with van der Waals surface area (Å²) in [7, 11) is 0. The molecule has 1 atom stereocenters. The molecule has 3 rings (SSSR count). The molecule has 1 heterocycles. The molecular formula is C19H16F4N2O2. The van der Waals surface area contributed by atoms with Crippen molar-refractivity contribution in [1.29, 1.82) is 0 Å². The first-order valence-electron chi connectivity index (χ1n) is 8.26. The van der Waals surface area contributed by atoms with Crippen molar-refractivity contribution in [2.24, 2.45) is 5.92 Å². The van der Waals surface area contributed by atoms with E-state index in [2.05, 4.69) is 5.32 Å². The number of carbonyl (C=O) groups excluding carboxylic acids is 2. The highest BCUT2D eigenvalue weighted by Gasteiger charge is 2.37. The van der Waals surface area contributed by atoms with E-state index < -0.39 is 29.4 Å². The number of benzene rings is 2. The van der Waals surface area contributed by atoms with Gasteiger partial charge in [-0.1, -0.05) is 18.2 Å². The number of nitrogens with one attached hydrogen (secondary N) is 1. The maximum absolute atomic E-state index is 13.4. The molecule has 2 amide bonds. The SMILES string of the molecule is O=C(NCc1cc(F)cc(C(F)(F)F)c1)C1CCN(c2ccccc2)C1=O. The molecule has 1 saturated heterocycles. The van der Waals surface area contributed by atoms with Crippen LogP contribution in [0.4, 0.5) is 23.2 Å². The lowest BCUT2D eigenvalue weighted by Gasteiger charge is -2.16. The molecule has 0 saturated carbocycles. The molecule has 0 spiro atoms. The lowest BCUT2D eigenvalue weighted by atomic mass is 10.1. The minimum atomic E-state index is -4.68. The molecule has 8 heteroatoms.